The molecule has 1 atom stereocenters. The summed E-state index contributed by atoms with van der Waals surface area (Å²) in [5.74, 6) is -1.76. The number of amides is 2. The van der Waals surface area contributed by atoms with Crippen molar-refractivity contribution in [3.63, 3.8) is 0 Å². The molecule has 1 aliphatic carbocycles. The summed E-state index contributed by atoms with van der Waals surface area (Å²) in [6, 6.07) is 3.57. The number of hydrogen-bond donors (Lipinski definition) is 0. The molecule has 3 rings (SSSR count). The normalized spacial score (nSPS) is 21.2. The van der Waals surface area contributed by atoms with Crippen LogP contribution in [0.25, 0.3) is 0 Å². The molecule has 146 valence electrons. The van der Waals surface area contributed by atoms with Gasteiger partial charge in [-0.05, 0) is 25.0 Å². The van der Waals surface area contributed by atoms with E-state index >= 15 is 0 Å². The van der Waals surface area contributed by atoms with Crippen LogP contribution in [-0.4, -0.2) is 41.3 Å². The van der Waals surface area contributed by atoms with Crippen molar-refractivity contribution in [1.82, 2.24) is 4.90 Å². The Balaban J connectivity index is 1.72. The molecule has 8 heteroatoms. The van der Waals surface area contributed by atoms with E-state index in [-0.39, 0.29) is 36.5 Å². The zero-order valence-electron chi connectivity index (χ0n) is 15.4. The molecule has 2 fully saturated rings. The molecule has 1 aromatic rings. The number of benzene rings is 1. The van der Waals surface area contributed by atoms with Crippen LogP contribution < -0.4 is 4.90 Å². The van der Waals surface area contributed by atoms with Crippen molar-refractivity contribution in [1.29, 1.82) is 0 Å². The number of anilines is 1. The van der Waals surface area contributed by atoms with Crippen LogP contribution in [0.3, 0.4) is 0 Å². The van der Waals surface area contributed by atoms with Crippen molar-refractivity contribution < 1.29 is 18.9 Å². The summed E-state index contributed by atoms with van der Waals surface area (Å²) in [6.45, 7) is 0.164. The van der Waals surface area contributed by atoms with E-state index < -0.39 is 22.3 Å². The zero-order valence-corrected chi connectivity index (χ0v) is 15.4. The lowest BCUT2D eigenvalue weighted by Crippen LogP contribution is -2.41. The molecule has 0 radical (unpaired) electrons. The highest BCUT2D eigenvalue weighted by Gasteiger charge is 2.38. The third-order valence-electron chi connectivity index (χ3n) is 5.63. The van der Waals surface area contributed by atoms with Crippen LogP contribution in [-0.2, 0) is 9.59 Å². The fraction of sp³-hybridized carbons (Fsp3) is 0.579. The van der Waals surface area contributed by atoms with Gasteiger partial charge in [-0.25, -0.2) is 0 Å². The smallest absolute Gasteiger partial charge is 0.306 e. The minimum atomic E-state index is -0.948. The van der Waals surface area contributed by atoms with Gasteiger partial charge >= 0.3 is 5.69 Å². The van der Waals surface area contributed by atoms with Gasteiger partial charge in [0.15, 0.2) is 0 Å². The fourth-order valence-electron chi connectivity index (χ4n) is 4.04. The summed E-state index contributed by atoms with van der Waals surface area (Å²) < 4.78 is 13.5. The highest BCUT2D eigenvalue weighted by molar-refractivity contribution is 6.00. The predicted octanol–water partition coefficient (Wildman–Crippen LogP) is 3.27. The summed E-state index contributed by atoms with van der Waals surface area (Å²) in [4.78, 5) is 38.5. The predicted molar refractivity (Wildman–Crippen MR) is 97.8 cm³/mol. The molecular formula is C19H24FN3O4. The quantitative estimate of drug-likeness (QED) is 0.458. The first-order chi connectivity index (χ1) is 12.9. The van der Waals surface area contributed by atoms with Gasteiger partial charge in [0.05, 0.1) is 16.5 Å². The van der Waals surface area contributed by atoms with Gasteiger partial charge in [0.2, 0.25) is 17.6 Å². The van der Waals surface area contributed by atoms with Gasteiger partial charge in [-0.3, -0.25) is 19.7 Å². The minimum absolute atomic E-state index is 0.0608. The molecule has 0 spiro atoms. The van der Waals surface area contributed by atoms with E-state index in [1.54, 1.807) is 11.9 Å². The molecular weight excluding hydrogens is 353 g/mol. The van der Waals surface area contributed by atoms with Crippen LogP contribution >= 0.6 is 0 Å². The Morgan fingerprint density at radius 2 is 1.93 bits per heavy atom. The van der Waals surface area contributed by atoms with Crippen molar-refractivity contribution >= 4 is 23.2 Å². The first kappa shape index (κ1) is 19.3. The number of carbonyl (C=O) groups excluding carboxylic acids is 2. The molecule has 1 heterocycles. The fourth-order valence-corrected chi connectivity index (χ4v) is 4.04. The first-order valence-corrected chi connectivity index (χ1v) is 9.39. The van der Waals surface area contributed by atoms with E-state index in [0.29, 0.717) is 0 Å². The second-order valence-electron chi connectivity index (χ2n) is 7.39. The SMILES string of the molecule is CN(C(=O)C1CC(=O)N(c2ccc(F)c([N+](=O)[O-])c2)C1)C1CCCCCC1. The Kier molecular flexibility index (Phi) is 5.72. The highest BCUT2D eigenvalue weighted by atomic mass is 19.1. The first-order valence-electron chi connectivity index (χ1n) is 9.39. The lowest BCUT2D eigenvalue weighted by atomic mass is 10.0. The van der Waals surface area contributed by atoms with Crippen LogP contribution in [0.5, 0.6) is 0 Å². The van der Waals surface area contributed by atoms with Gasteiger partial charge in [-0.1, -0.05) is 25.7 Å². The molecule has 0 bridgehead atoms. The standard InChI is InChI=1S/C19H24FN3O4/c1-21(14-6-4-2-3-5-7-14)19(25)13-10-18(24)22(12-13)15-8-9-16(20)17(11-15)23(26)27/h8-9,11,13-14H,2-7,10,12H2,1H3. The number of nitrogens with zero attached hydrogens (tertiary/aromatic N) is 3. The average Bonchev–Trinajstić information content (AvgIpc) is 2.85. The highest BCUT2D eigenvalue weighted by Crippen LogP contribution is 2.31. The number of carbonyl (C=O) groups is 2. The largest absolute Gasteiger partial charge is 0.342 e. The number of rotatable bonds is 4. The van der Waals surface area contributed by atoms with E-state index in [1.165, 1.54) is 23.8 Å². The number of nitro groups is 1. The van der Waals surface area contributed by atoms with Crippen LogP contribution in [0.1, 0.15) is 44.9 Å². The van der Waals surface area contributed by atoms with E-state index in [9.17, 15) is 24.1 Å². The van der Waals surface area contributed by atoms with Gasteiger partial charge in [-0.2, -0.15) is 4.39 Å². The Hall–Kier alpha value is -2.51. The summed E-state index contributed by atoms with van der Waals surface area (Å²) in [7, 11) is 1.80. The molecule has 0 N–H and O–H groups in total. The summed E-state index contributed by atoms with van der Waals surface area (Å²) in [5, 5.41) is 10.9. The molecule has 1 saturated heterocycles. The van der Waals surface area contributed by atoms with Crippen LogP contribution in [0.2, 0.25) is 0 Å². The van der Waals surface area contributed by atoms with E-state index in [2.05, 4.69) is 0 Å². The van der Waals surface area contributed by atoms with Gasteiger partial charge in [0.1, 0.15) is 0 Å². The van der Waals surface area contributed by atoms with Crippen LogP contribution in [0, 0.1) is 21.8 Å². The van der Waals surface area contributed by atoms with E-state index in [0.717, 1.165) is 37.8 Å². The maximum absolute atomic E-state index is 13.5. The number of halogens is 1. The molecule has 7 nitrogen and oxygen atoms in total. The Morgan fingerprint density at radius 1 is 1.26 bits per heavy atom. The Bertz CT molecular complexity index is 746. The molecule has 2 amide bonds. The molecule has 0 aromatic heterocycles. The third-order valence-corrected chi connectivity index (χ3v) is 5.63. The second-order valence-corrected chi connectivity index (χ2v) is 7.39. The lowest BCUT2D eigenvalue weighted by molar-refractivity contribution is -0.387. The second kappa shape index (κ2) is 8.02. The number of nitro benzene ring substituents is 1. The third kappa shape index (κ3) is 4.09. The van der Waals surface area contributed by atoms with Crippen molar-refractivity contribution in [2.45, 2.75) is 51.0 Å². The van der Waals surface area contributed by atoms with Crippen molar-refractivity contribution in [3.05, 3.63) is 34.1 Å². The van der Waals surface area contributed by atoms with Crippen LogP contribution in [0.15, 0.2) is 18.2 Å². The topological polar surface area (TPSA) is 83.8 Å². The monoisotopic (exact) mass is 377 g/mol. The minimum Gasteiger partial charge on any atom is -0.342 e. The molecule has 1 aliphatic heterocycles. The van der Waals surface area contributed by atoms with Gasteiger partial charge in [0, 0.05) is 32.1 Å². The van der Waals surface area contributed by atoms with Crippen LogP contribution in [0.4, 0.5) is 15.8 Å². The van der Waals surface area contributed by atoms with Crippen molar-refractivity contribution in [3.8, 4) is 0 Å². The summed E-state index contributed by atoms with van der Waals surface area (Å²) >= 11 is 0. The Morgan fingerprint density at radius 3 is 2.56 bits per heavy atom. The average molecular weight is 377 g/mol. The molecule has 27 heavy (non-hydrogen) atoms. The summed E-state index contributed by atoms with van der Waals surface area (Å²) in [6.07, 6.45) is 6.64. The van der Waals surface area contributed by atoms with Gasteiger partial charge in [0.25, 0.3) is 0 Å². The zero-order chi connectivity index (χ0) is 19.6. The van der Waals surface area contributed by atoms with Crippen molar-refractivity contribution in [2.75, 3.05) is 18.5 Å². The number of hydrogen-bond acceptors (Lipinski definition) is 4. The van der Waals surface area contributed by atoms with Crippen molar-refractivity contribution in [2.24, 2.45) is 5.92 Å². The van der Waals surface area contributed by atoms with E-state index in [1.807, 2.05) is 0 Å². The van der Waals surface area contributed by atoms with Gasteiger partial charge < -0.3 is 9.80 Å². The maximum Gasteiger partial charge on any atom is 0.306 e. The molecule has 1 unspecified atom stereocenters. The summed E-state index contributed by atoms with van der Waals surface area (Å²) in [5.41, 5.74) is -0.425. The molecule has 2 aliphatic rings. The Labute approximate surface area is 157 Å². The lowest BCUT2D eigenvalue weighted by Gasteiger charge is -2.29. The molecule has 1 saturated carbocycles. The molecule has 1 aromatic carbocycles. The maximum atomic E-state index is 13.5. The van der Waals surface area contributed by atoms with Gasteiger partial charge in [-0.15, -0.1) is 0 Å². The van der Waals surface area contributed by atoms with E-state index in [4.69, 9.17) is 0 Å².